The second kappa shape index (κ2) is 7.18. The van der Waals surface area contributed by atoms with Crippen LogP contribution in [0.1, 0.15) is 17.5 Å². The predicted octanol–water partition coefficient (Wildman–Crippen LogP) is 1.80. The summed E-state index contributed by atoms with van der Waals surface area (Å²) in [4.78, 5) is 16.7. The minimum absolute atomic E-state index is 0.111. The number of nitrogens with zero attached hydrogens (tertiary/aromatic N) is 5. The standard InChI is InChI=1S/C18H21N5O/c1-15-12-20-23(13-15)14-18(24)22-8-2-7-21(9-10-22)17-5-3-16(11-19)4-6-17/h3-6,12-13H,2,7-10,14H2,1H3. The summed E-state index contributed by atoms with van der Waals surface area (Å²) >= 11 is 0. The van der Waals surface area contributed by atoms with Gasteiger partial charge in [0.25, 0.3) is 0 Å². The van der Waals surface area contributed by atoms with Gasteiger partial charge in [-0.25, -0.2) is 0 Å². The molecule has 0 radical (unpaired) electrons. The Kier molecular flexibility index (Phi) is 4.80. The van der Waals surface area contributed by atoms with Crippen LogP contribution in [0.5, 0.6) is 0 Å². The number of carbonyl (C=O) groups excluding carboxylic acids is 1. The molecule has 124 valence electrons. The van der Waals surface area contributed by atoms with Crippen LogP contribution in [0.2, 0.25) is 0 Å². The van der Waals surface area contributed by atoms with Crippen molar-refractivity contribution in [2.45, 2.75) is 19.9 Å². The smallest absolute Gasteiger partial charge is 0.244 e. The first-order chi connectivity index (χ1) is 11.7. The third kappa shape index (κ3) is 3.74. The van der Waals surface area contributed by atoms with E-state index < -0.39 is 0 Å². The zero-order chi connectivity index (χ0) is 16.9. The Morgan fingerprint density at radius 1 is 1.21 bits per heavy atom. The number of aromatic nitrogens is 2. The highest BCUT2D eigenvalue weighted by Crippen LogP contribution is 2.17. The second-order valence-corrected chi connectivity index (χ2v) is 6.10. The number of amides is 1. The molecule has 1 saturated heterocycles. The van der Waals surface area contributed by atoms with Crippen LogP contribution in [-0.4, -0.2) is 46.8 Å². The van der Waals surface area contributed by atoms with E-state index in [1.807, 2.05) is 42.3 Å². The van der Waals surface area contributed by atoms with Gasteiger partial charge in [0.15, 0.2) is 0 Å². The molecule has 0 unspecified atom stereocenters. The molecule has 6 heteroatoms. The largest absolute Gasteiger partial charge is 0.370 e. The van der Waals surface area contributed by atoms with Gasteiger partial charge >= 0.3 is 0 Å². The molecule has 0 bridgehead atoms. The van der Waals surface area contributed by atoms with E-state index in [4.69, 9.17) is 5.26 Å². The molecular formula is C18H21N5O. The first-order valence-electron chi connectivity index (χ1n) is 8.17. The number of hydrogen-bond acceptors (Lipinski definition) is 4. The number of carbonyl (C=O) groups is 1. The van der Waals surface area contributed by atoms with Gasteiger partial charge in [-0.3, -0.25) is 9.48 Å². The number of hydrogen-bond donors (Lipinski definition) is 0. The van der Waals surface area contributed by atoms with Crippen molar-refractivity contribution in [2.75, 3.05) is 31.1 Å². The number of anilines is 1. The highest BCUT2D eigenvalue weighted by atomic mass is 16.2. The molecule has 0 aliphatic carbocycles. The van der Waals surface area contributed by atoms with Crippen molar-refractivity contribution in [3.05, 3.63) is 47.8 Å². The average molecular weight is 323 g/mol. The molecule has 2 heterocycles. The maximum atomic E-state index is 12.5. The lowest BCUT2D eigenvalue weighted by Gasteiger charge is -2.23. The lowest BCUT2D eigenvalue weighted by atomic mass is 10.2. The third-order valence-electron chi connectivity index (χ3n) is 4.27. The number of rotatable bonds is 3. The van der Waals surface area contributed by atoms with Gasteiger partial charge < -0.3 is 9.80 Å². The lowest BCUT2D eigenvalue weighted by Crippen LogP contribution is -2.37. The van der Waals surface area contributed by atoms with Crippen molar-refractivity contribution < 1.29 is 4.79 Å². The minimum Gasteiger partial charge on any atom is -0.370 e. The van der Waals surface area contributed by atoms with Crippen molar-refractivity contribution in [1.82, 2.24) is 14.7 Å². The summed E-state index contributed by atoms with van der Waals surface area (Å²) in [6.45, 7) is 5.46. The molecule has 0 spiro atoms. The molecule has 1 aliphatic heterocycles. The van der Waals surface area contributed by atoms with Crippen LogP contribution in [0.3, 0.4) is 0 Å². The molecule has 1 aromatic heterocycles. The molecular weight excluding hydrogens is 302 g/mol. The molecule has 0 N–H and O–H groups in total. The van der Waals surface area contributed by atoms with Gasteiger partial charge in [-0.15, -0.1) is 0 Å². The highest BCUT2D eigenvalue weighted by Gasteiger charge is 2.19. The summed E-state index contributed by atoms with van der Waals surface area (Å²) in [5, 5.41) is 13.1. The summed E-state index contributed by atoms with van der Waals surface area (Å²) in [6, 6.07) is 9.76. The quantitative estimate of drug-likeness (QED) is 0.864. The molecule has 2 aromatic rings. The maximum absolute atomic E-state index is 12.5. The monoisotopic (exact) mass is 323 g/mol. The fraction of sp³-hybridized carbons (Fsp3) is 0.389. The zero-order valence-electron chi connectivity index (χ0n) is 13.9. The van der Waals surface area contributed by atoms with Gasteiger partial charge in [-0.1, -0.05) is 0 Å². The first kappa shape index (κ1) is 16.1. The zero-order valence-corrected chi connectivity index (χ0v) is 13.9. The van der Waals surface area contributed by atoms with E-state index in [1.165, 1.54) is 0 Å². The SMILES string of the molecule is Cc1cnn(CC(=O)N2CCCN(c3ccc(C#N)cc3)CC2)c1. The first-order valence-corrected chi connectivity index (χ1v) is 8.17. The molecule has 1 fully saturated rings. The van der Waals surface area contributed by atoms with Crippen molar-refractivity contribution in [3.8, 4) is 6.07 Å². The van der Waals surface area contributed by atoms with Gasteiger partial charge in [-0.05, 0) is 43.2 Å². The lowest BCUT2D eigenvalue weighted by molar-refractivity contribution is -0.131. The van der Waals surface area contributed by atoms with Gasteiger partial charge in [-0.2, -0.15) is 10.4 Å². The third-order valence-corrected chi connectivity index (χ3v) is 4.27. The van der Waals surface area contributed by atoms with Crippen molar-refractivity contribution in [3.63, 3.8) is 0 Å². The van der Waals surface area contributed by atoms with Crippen LogP contribution in [0.4, 0.5) is 5.69 Å². The van der Waals surface area contributed by atoms with Crippen molar-refractivity contribution >= 4 is 11.6 Å². The normalized spacial score (nSPS) is 15.0. The van der Waals surface area contributed by atoms with Crippen LogP contribution >= 0.6 is 0 Å². The molecule has 0 saturated carbocycles. The average Bonchev–Trinajstić information content (AvgIpc) is 2.86. The molecule has 1 amide bonds. The van der Waals surface area contributed by atoms with E-state index in [2.05, 4.69) is 16.1 Å². The van der Waals surface area contributed by atoms with E-state index in [-0.39, 0.29) is 5.91 Å². The summed E-state index contributed by atoms with van der Waals surface area (Å²) < 4.78 is 1.70. The summed E-state index contributed by atoms with van der Waals surface area (Å²) in [5.41, 5.74) is 2.83. The molecule has 1 aromatic carbocycles. The Hall–Kier alpha value is -2.81. The Balaban J connectivity index is 1.59. The fourth-order valence-electron chi connectivity index (χ4n) is 2.96. The second-order valence-electron chi connectivity index (χ2n) is 6.10. The molecule has 0 atom stereocenters. The fourth-order valence-corrected chi connectivity index (χ4v) is 2.96. The molecule has 3 rings (SSSR count). The number of aryl methyl sites for hydroxylation is 1. The topological polar surface area (TPSA) is 65.2 Å². The highest BCUT2D eigenvalue weighted by molar-refractivity contribution is 5.76. The summed E-state index contributed by atoms with van der Waals surface area (Å²) in [7, 11) is 0. The number of benzene rings is 1. The maximum Gasteiger partial charge on any atom is 0.244 e. The van der Waals surface area contributed by atoms with Crippen LogP contribution in [-0.2, 0) is 11.3 Å². The van der Waals surface area contributed by atoms with Crippen LogP contribution in [0, 0.1) is 18.3 Å². The van der Waals surface area contributed by atoms with Gasteiger partial charge in [0.2, 0.25) is 5.91 Å². The van der Waals surface area contributed by atoms with Crippen molar-refractivity contribution in [1.29, 1.82) is 5.26 Å². The summed E-state index contributed by atoms with van der Waals surface area (Å²) in [5.74, 6) is 0.111. The van der Waals surface area contributed by atoms with Gasteiger partial charge in [0, 0.05) is 38.1 Å². The van der Waals surface area contributed by atoms with Crippen LogP contribution in [0.25, 0.3) is 0 Å². The number of nitriles is 1. The predicted molar refractivity (Wildman–Crippen MR) is 91.5 cm³/mol. The van der Waals surface area contributed by atoms with E-state index in [1.54, 1.807) is 10.9 Å². The van der Waals surface area contributed by atoms with Gasteiger partial charge in [0.1, 0.15) is 6.54 Å². The molecule has 24 heavy (non-hydrogen) atoms. The summed E-state index contributed by atoms with van der Waals surface area (Å²) in [6.07, 6.45) is 4.59. The minimum atomic E-state index is 0.111. The van der Waals surface area contributed by atoms with E-state index in [0.29, 0.717) is 18.7 Å². The van der Waals surface area contributed by atoms with Crippen LogP contribution < -0.4 is 4.90 Å². The van der Waals surface area contributed by atoms with E-state index in [0.717, 1.165) is 37.3 Å². The Morgan fingerprint density at radius 3 is 2.67 bits per heavy atom. The molecule has 1 aliphatic rings. The van der Waals surface area contributed by atoms with Crippen molar-refractivity contribution in [2.24, 2.45) is 0 Å². The Labute approximate surface area is 141 Å². The Bertz CT molecular complexity index is 744. The Morgan fingerprint density at radius 2 is 2.00 bits per heavy atom. The van der Waals surface area contributed by atoms with E-state index in [9.17, 15) is 4.79 Å². The van der Waals surface area contributed by atoms with Crippen LogP contribution in [0.15, 0.2) is 36.7 Å². The molecule has 6 nitrogen and oxygen atoms in total. The van der Waals surface area contributed by atoms with E-state index >= 15 is 0 Å². The van der Waals surface area contributed by atoms with Gasteiger partial charge in [0.05, 0.1) is 17.8 Å².